The van der Waals surface area contributed by atoms with E-state index in [0.717, 1.165) is 23.4 Å². The van der Waals surface area contributed by atoms with E-state index in [9.17, 15) is 4.79 Å². The lowest BCUT2D eigenvalue weighted by molar-refractivity contribution is 0.600. The number of nitrogens with one attached hydrogen (secondary N) is 1. The van der Waals surface area contributed by atoms with E-state index in [-0.39, 0.29) is 5.56 Å². The first-order chi connectivity index (χ1) is 9.65. The molecule has 0 aliphatic heterocycles. The maximum atomic E-state index is 12.2. The molecule has 1 heterocycles. The highest BCUT2D eigenvalue weighted by Gasteiger charge is 2.08. The lowest BCUT2D eigenvalue weighted by Gasteiger charge is -2.10. The van der Waals surface area contributed by atoms with Crippen LogP contribution >= 0.6 is 0 Å². The molecule has 1 aromatic carbocycles. The fourth-order valence-electron chi connectivity index (χ4n) is 2.06. The lowest BCUT2D eigenvalue weighted by atomic mass is 10.1. The molecule has 0 saturated carbocycles. The molecule has 0 spiro atoms. The minimum atomic E-state index is -0.00990. The van der Waals surface area contributed by atoms with Crippen molar-refractivity contribution in [1.82, 2.24) is 15.1 Å². The molecule has 0 atom stereocenters. The van der Waals surface area contributed by atoms with Gasteiger partial charge in [-0.25, -0.2) is 4.68 Å². The summed E-state index contributed by atoms with van der Waals surface area (Å²) >= 11 is 0. The number of aromatic nitrogens is 2. The molecular weight excluding hydrogens is 250 g/mol. The second-order valence-corrected chi connectivity index (χ2v) is 4.82. The zero-order chi connectivity index (χ0) is 14.5. The maximum absolute atomic E-state index is 12.2. The molecule has 2 aromatic rings. The van der Waals surface area contributed by atoms with Crippen LogP contribution in [0.15, 0.2) is 35.1 Å². The number of aryl methyl sites for hydroxylation is 2. The van der Waals surface area contributed by atoms with E-state index in [1.54, 1.807) is 0 Å². The second-order valence-electron chi connectivity index (χ2n) is 4.82. The van der Waals surface area contributed by atoms with Gasteiger partial charge in [0.15, 0.2) is 0 Å². The zero-order valence-corrected chi connectivity index (χ0v) is 12.3. The number of nitrogens with zero attached hydrogens (tertiary/aromatic N) is 2. The van der Waals surface area contributed by atoms with Gasteiger partial charge in [-0.15, -0.1) is 0 Å². The summed E-state index contributed by atoms with van der Waals surface area (Å²) in [4.78, 5) is 12.2. The standard InChI is InChI=1S/C16H21N3O/c1-4-17-11-14-10-15(18-19(5-2)16(14)20)13-8-6-12(3)7-9-13/h6-10,17H,4-5,11H2,1-3H3. The van der Waals surface area contributed by atoms with Gasteiger partial charge >= 0.3 is 0 Å². The van der Waals surface area contributed by atoms with Gasteiger partial charge in [-0.2, -0.15) is 5.10 Å². The van der Waals surface area contributed by atoms with E-state index in [1.807, 2.05) is 32.0 Å². The third kappa shape index (κ3) is 3.14. The molecule has 1 aromatic heterocycles. The van der Waals surface area contributed by atoms with Crippen molar-refractivity contribution in [3.63, 3.8) is 0 Å². The van der Waals surface area contributed by atoms with Crippen molar-refractivity contribution in [1.29, 1.82) is 0 Å². The van der Waals surface area contributed by atoms with Gasteiger partial charge in [-0.3, -0.25) is 4.79 Å². The average molecular weight is 271 g/mol. The van der Waals surface area contributed by atoms with Crippen LogP contribution < -0.4 is 10.9 Å². The van der Waals surface area contributed by atoms with Crippen LogP contribution in [0.4, 0.5) is 0 Å². The van der Waals surface area contributed by atoms with E-state index < -0.39 is 0 Å². The van der Waals surface area contributed by atoms with Crippen LogP contribution in [-0.2, 0) is 13.1 Å². The summed E-state index contributed by atoms with van der Waals surface area (Å²) in [7, 11) is 0. The Morgan fingerprint density at radius 2 is 1.90 bits per heavy atom. The van der Waals surface area contributed by atoms with E-state index in [1.165, 1.54) is 10.2 Å². The Morgan fingerprint density at radius 1 is 1.20 bits per heavy atom. The molecule has 1 N–H and O–H groups in total. The van der Waals surface area contributed by atoms with E-state index >= 15 is 0 Å². The minimum absolute atomic E-state index is 0.00990. The summed E-state index contributed by atoms with van der Waals surface area (Å²) in [5.41, 5.74) is 3.85. The summed E-state index contributed by atoms with van der Waals surface area (Å²) in [5.74, 6) is 0. The molecule has 0 unspecified atom stereocenters. The highest BCUT2D eigenvalue weighted by Crippen LogP contribution is 2.17. The third-order valence-corrected chi connectivity index (χ3v) is 3.26. The number of rotatable bonds is 5. The smallest absolute Gasteiger partial charge is 0.271 e. The van der Waals surface area contributed by atoms with Gasteiger partial charge in [0.1, 0.15) is 0 Å². The topological polar surface area (TPSA) is 46.9 Å². The molecule has 0 bridgehead atoms. The summed E-state index contributed by atoms with van der Waals surface area (Å²) < 4.78 is 1.53. The molecule has 2 rings (SSSR count). The molecule has 0 radical (unpaired) electrons. The highest BCUT2D eigenvalue weighted by atomic mass is 16.1. The number of benzene rings is 1. The largest absolute Gasteiger partial charge is 0.313 e. The fraction of sp³-hybridized carbons (Fsp3) is 0.375. The third-order valence-electron chi connectivity index (χ3n) is 3.26. The normalized spacial score (nSPS) is 10.8. The van der Waals surface area contributed by atoms with Crippen molar-refractivity contribution in [2.45, 2.75) is 33.9 Å². The molecule has 20 heavy (non-hydrogen) atoms. The van der Waals surface area contributed by atoms with Gasteiger partial charge < -0.3 is 5.32 Å². The molecule has 0 aliphatic rings. The van der Waals surface area contributed by atoms with Crippen molar-refractivity contribution in [2.75, 3.05) is 6.54 Å². The average Bonchev–Trinajstić information content (AvgIpc) is 2.47. The first-order valence-corrected chi connectivity index (χ1v) is 7.04. The molecule has 106 valence electrons. The number of hydrogen-bond donors (Lipinski definition) is 1. The van der Waals surface area contributed by atoms with Crippen LogP contribution in [0.1, 0.15) is 25.0 Å². The first-order valence-electron chi connectivity index (χ1n) is 7.04. The van der Waals surface area contributed by atoms with Crippen LogP contribution in [0.3, 0.4) is 0 Å². The summed E-state index contributed by atoms with van der Waals surface area (Å²) in [6, 6.07) is 10.1. The van der Waals surface area contributed by atoms with Crippen LogP contribution in [0.5, 0.6) is 0 Å². The van der Waals surface area contributed by atoms with Crippen LogP contribution in [0.2, 0.25) is 0 Å². The van der Waals surface area contributed by atoms with E-state index in [4.69, 9.17) is 0 Å². The number of hydrogen-bond acceptors (Lipinski definition) is 3. The molecule has 0 amide bonds. The summed E-state index contributed by atoms with van der Waals surface area (Å²) in [6.07, 6.45) is 0. The van der Waals surface area contributed by atoms with E-state index in [0.29, 0.717) is 13.1 Å². The molecular formula is C16H21N3O. The van der Waals surface area contributed by atoms with Crippen molar-refractivity contribution in [2.24, 2.45) is 0 Å². The Morgan fingerprint density at radius 3 is 2.50 bits per heavy atom. The maximum Gasteiger partial charge on any atom is 0.271 e. The monoisotopic (exact) mass is 271 g/mol. The van der Waals surface area contributed by atoms with Crippen molar-refractivity contribution >= 4 is 0 Å². The van der Waals surface area contributed by atoms with Gasteiger partial charge in [-0.1, -0.05) is 36.8 Å². The Hall–Kier alpha value is -1.94. The van der Waals surface area contributed by atoms with Crippen molar-refractivity contribution in [3.05, 3.63) is 51.8 Å². The van der Waals surface area contributed by atoms with Crippen LogP contribution in [0, 0.1) is 6.92 Å². The Labute approximate surface area is 119 Å². The zero-order valence-electron chi connectivity index (χ0n) is 12.3. The van der Waals surface area contributed by atoms with E-state index in [2.05, 4.69) is 29.5 Å². The van der Waals surface area contributed by atoms with Gasteiger partial charge in [0, 0.05) is 24.2 Å². The molecule has 4 nitrogen and oxygen atoms in total. The molecule has 0 saturated heterocycles. The van der Waals surface area contributed by atoms with Gasteiger partial charge in [0.05, 0.1) is 5.69 Å². The highest BCUT2D eigenvalue weighted by molar-refractivity contribution is 5.59. The second kappa shape index (κ2) is 6.48. The lowest BCUT2D eigenvalue weighted by Crippen LogP contribution is -2.29. The minimum Gasteiger partial charge on any atom is -0.313 e. The summed E-state index contributed by atoms with van der Waals surface area (Å²) in [6.45, 7) is 8.02. The predicted molar refractivity (Wildman–Crippen MR) is 81.7 cm³/mol. The van der Waals surface area contributed by atoms with Crippen molar-refractivity contribution in [3.8, 4) is 11.3 Å². The Kier molecular flexibility index (Phi) is 4.69. The quantitative estimate of drug-likeness (QED) is 0.908. The molecule has 4 heteroatoms. The predicted octanol–water partition coefficient (Wildman–Crippen LogP) is 2.35. The Bertz CT molecular complexity index is 629. The van der Waals surface area contributed by atoms with Gasteiger partial charge in [0.2, 0.25) is 0 Å². The van der Waals surface area contributed by atoms with Gasteiger partial charge in [0.25, 0.3) is 5.56 Å². The Balaban J connectivity index is 2.47. The molecule has 0 fully saturated rings. The van der Waals surface area contributed by atoms with Crippen LogP contribution in [0.25, 0.3) is 11.3 Å². The van der Waals surface area contributed by atoms with Gasteiger partial charge in [-0.05, 0) is 26.5 Å². The molecule has 0 aliphatic carbocycles. The fourth-order valence-corrected chi connectivity index (χ4v) is 2.06. The van der Waals surface area contributed by atoms with Crippen molar-refractivity contribution < 1.29 is 0 Å². The first kappa shape index (κ1) is 14.5. The summed E-state index contributed by atoms with van der Waals surface area (Å²) in [5, 5.41) is 7.64. The van der Waals surface area contributed by atoms with Crippen LogP contribution in [-0.4, -0.2) is 16.3 Å². The SMILES string of the molecule is CCNCc1cc(-c2ccc(C)cc2)nn(CC)c1=O.